The fourth-order valence-corrected chi connectivity index (χ4v) is 14.7. The second-order valence-corrected chi connectivity index (χ2v) is 31.2. The van der Waals surface area contributed by atoms with Crippen LogP contribution in [0.5, 0.6) is 0 Å². The fourth-order valence-electron chi connectivity index (χ4n) is 14.7. The van der Waals surface area contributed by atoms with E-state index in [2.05, 4.69) is 44.4 Å². The van der Waals surface area contributed by atoms with Gasteiger partial charge in [-0.05, 0) is 161 Å². The summed E-state index contributed by atoms with van der Waals surface area (Å²) in [5, 5.41) is 19.1. The standard InChI is InChI=1S/C89H174N2O10/c1-6-11-15-19-23-42-58-81-98-86(94)69-50-34-25-38-54-73-90(77-60-79-92)75-57-41-28-37-53-72-89(97)101-85(67-48-32-22-18-14-9-4)68-49-33-24-29-44-63-83(62-10-5)64-45-43-59-82-99-87(95)70-51-35-26-39-55-74-91(78-61-80-93)76-56-40-27-36-52-71-88(96)100-84(65-46-30-20-16-12-7-2)66-47-31-21-17-13-8-3/h83-85,92-93H,6-82H2,1-5H3. The van der Waals surface area contributed by atoms with Crippen LogP contribution in [0.15, 0.2) is 0 Å². The van der Waals surface area contributed by atoms with Crippen molar-refractivity contribution in [3.63, 3.8) is 0 Å². The Labute approximate surface area is 627 Å². The highest BCUT2D eigenvalue weighted by molar-refractivity contribution is 5.70. The number of hydrogen-bond acceptors (Lipinski definition) is 12. The van der Waals surface area contributed by atoms with Crippen molar-refractivity contribution in [3.8, 4) is 0 Å². The number of unbranched alkanes of at least 4 members (excludes halogenated alkanes) is 43. The number of hydrogen-bond donors (Lipinski definition) is 2. The highest BCUT2D eigenvalue weighted by Gasteiger charge is 2.18. The Morgan fingerprint density at radius 2 is 0.465 bits per heavy atom. The molecule has 0 saturated carbocycles. The Hall–Kier alpha value is -2.28. The summed E-state index contributed by atoms with van der Waals surface area (Å²) in [6, 6.07) is 0. The Kier molecular flexibility index (Phi) is 79.9. The maximum absolute atomic E-state index is 13.2. The number of aliphatic hydroxyl groups excluding tert-OH is 2. The molecule has 2 N–H and O–H groups in total. The summed E-state index contributed by atoms with van der Waals surface area (Å²) < 4.78 is 23.4. The fraction of sp³-hybridized carbons (Fsp3) is 0.955. The molecular formula is C89H174N2O10. The third-order valence-electron chi connectivity index (χ3n) is 21.3. The molecule has 0 rings (SSSR count). The van der Waals surface area contributed by atoms with Crippen molar-refractivity contribution in [3.05, 3.63) is 0 Å². The molecule has 2 atom stereocenters. The number of rotatable bonds is 85. The van der Waals surface area contributed by atoms with E-state index in [-0.39, 0.29) is 49.3 Å². The number of nitrogens with zero attached hydrogens (tertiary/aromatic N) is 2. The lowest BCUT2D eigenvalue weighted by molar-refractivity contribution is -0.151. The molecule has 0 amide bonds. The SMILES string of the molecule is CCCCCCCCCOC(=O)CCCCCCCN(CCCO)CCCCCCCC(=O)OC(CCCCCCCC)CCCCCCCC(CCC)CCCCCOC(=O)CCCCCCCN(CCCO)CCCCCCCC(=O)OC(CCCCCCCC)CCCCCCCC. The van der Waals surface area contributed by atoms with Crippen LogP contribution in [0.4, 0.5) is 0 Å². The van der Waals surface area contributed by atoms with Gasteiger partial charge in [-0.3, -0.25) is 19.2 Å². The molecule has 101 heavy (non-hydrogen) atoms. The van der Waals surface area contributed by atoms with Crippen LogP contribution < -0.4 is 0 Å². The molecule has 0 fully saturated rings. The van der Waals surface area contributed by atoms with Gasteiger partial charge in [-0.1, -0.05) is 311 Å². The summed E-state index contributed by atoms with van der Waals surface area (Å²) in [6.45, 7) is 19.1. The van der Waals surface area contributed by atoms with E-state index in [1.54, 1.807) is 0 Å². The van der Waals surface area contributed by atoms with Crippen molar-refractivity contribution in [1.82, 2.24) is 9.80 Å². The van der Waals surface area contributed by atoms with E-state index < -0.39 is 0 Å². The van der Waals surface area contributed by atoms with Gasteiger partial charge < -0.3 is 39.0 Å². The summed E-state index contributed by atoms with van der Waals surface area (Å²) in [5.74, 6) is 0.739. The van der Waals surface area contributed by atoms with E-state index in [9.17, 15) is 29.4 Å². The summed E-state index contributed by atoms with van der Waals surface area (Å²) in [5.41, 5.74) is 0. The first-order chi connectivity index (χ1) is 49.6. The lowest BCUT2D eigenvalue weighted by atomic mass is 9.91. The molecule has 0 aromatic heterocycles. The maximum atomic E-state index is 13.2. The van der Waals surface area contributed by atoms with Gasteiger partial charge in [0, 0.05) is 52.0 Å². The number of carbonyl (C=O) groups excluding carboxylic acids is 4. The summed E-state index contributed by atoms with van der Waals surface area (Å²) in [7, 11) is 0. The van der Waals surface area contributed by atoms with Crippen LogP contribution in [0.25, 0.3) is 0 Å². The molecule has 0 aromatic carbocycles. The molecule has 0 heterocycles. The Bertz CT molecular complexity index is 1690. The van der Waals surface area contributed by atoms with Gasteiger partial charge in [0.25, 0.3) is 0 Å². The minimum absolute atomic E-state index is 0.00320. The maximum Gasteiger partial charge on any atom is 0.306 e. The number of aliphatic hydroxyl groups is 2. The van der Waals surface area contributed by atoms with Gasteiger partial charge in [-0.15, -0.1) is 0 Å². The topological polar surface area (TPSA) is 152 Å². The van der Waals surface area contributed by atoms with Crippen LogP contribution >= 0.6 is 0 Å². The molecule has 12 heteroatoms. The van der Waals surface area contributed by atoms with E-state index in [1.165, 1.54) is 225 Å². The van der Waals surface area contributed by atoms with Crippen molar-refractivity contribution < 1.29 is 48.3 Å². The van der Waals surface area contributed by atoms with Crippen LogP contribution in [0.3, 0.4) is 0 Å². The molecule has 12 nitrogen and oxygen atoms in total. The Morgan fingerprint density at radius 3 is 0.752 bits per heavy atom. The molecule has 2 unspecified atom stereocenters. The lowest BCUT2D eigenvalue weighted by Gasteiger charge is -2.22. The third kappa shape index (κ3) is 74.4. The summed E-state index contributed by atoms with van der Waals surface area (Å²) in [4.78, 5) is 55.8. The van der Waals surface area contributed by atoms with Crippen molar-refractivity contribution in [1.29, 1.82) is 0 Å². The van der Waals surface area contributed by atoms with E-state index in [0.717, 1.165) is 225 Å². The molecule has 600 valence electrons. The number of ether oxygens (including phenoxy) is 4. The van der Waals surface area contributed by atoms with E-state index in [1.807, 2.05) is 0 Å². The second kappa shape index (κ2) is 81.8. The van der Waals surface area contributed by atoms with Gasteiger partial charge in [0.1, 0.15) is 12.2 Å². The van der Waals surface area contributed by atoms with Gasteiger partial charge in [-0.2, -0.15) is 0 Å². The quantitative estimate of drug-likeness (QED) is 0.0339. The average molecular weight is 1430 g/mol. The molecule has 0 aliphatic heterocycles. The van der Waals surface area contributed by atoms with Crippen LogP contribution in [0.2, 0.25) is 0 Å². The monoisotopic (exact) mass is 1430 g/mol. The minimum atomic E-state index is -0.0376. The van der Waals surface area contributed by atoms with E-state index >= 15 is 0 Å². The zero-order chi connectivity index (χ0) is 73.5. The molecule has 0 aromatic rings. The first-order valence-electron chi connectivity index (χ1n) is 45.0. The van der Waals surface area contributed by atoms with Crippen molar-refractivity contribution in [2.24, 2.45) is 5.92 Å². The van der Waals surface area contributed by atoms with Crippen LogP contribution in [0, 0.1) is 5.92 Å². The second-order valence-electron chi connectivity index (χ2n) is 31.2. The Morgan fingerprint density at radius 1 is 0.238 bits per heavy atom. The highest BCUT2D eigenvalue weighted by Crippen LogP contribution is 2.25. The van der Waals surface area contributed by atoms with Gasteiger partial charge in [0.2, 0.25) is 0 Å². The molecule has 0 radical (unpaired) electrons. The largest absolute Gasteiger partial charge is 0.466 e. The lowest BCUT2D eigenvalue weighted by Crippen LogP contribution is -2.27. The normalized spacial score (nSPS) is 12.3. The van der Waals surface area contributed by atoms with E-state index in [4.69, 9.17) is 18.9 Å². The van der Waals surface area contributed by atoms with Crippen LogP contribution in [-0.4, -0.2) is 122 Å². The summed E-state index contributed by atoms with van der Waals surface area (Å²) in [6.07, 6.45) is 76.0. The van der Waals surface area contributed by atoms with Gasteiger partial charge in [0.05, 0.1) is 13.2 Å². The molecule has 0 aliphatic carbocycles. The average Bonchev–Trinajstić information content (AvgIpc) is 2.24. The van der Waals surface area contributed by atoms with Gasteiger partial charge >= 0.3 is 23.9 Å². The predicted molar refractivity (Wildman–Crippen MR) is 430 cm³/mol. The molecule has 0 saturated heterocycles. The molecular weight excluding hydrogens is 1260 g/mol. The minimum Gasteiger partial charge on any atom is -0.466 e. The predicted octanol–water partition coefficient (Wildman–Crippen LogP) is 25.3. The zero-order valence-corrected chi connectivity index (χ0v) is 68.2. The molecule has 0 bridgehead atoms. The van der Waals surface area contributed by atoms with Crippen molar-refractivity contribution >= 4 is 23.9 Å². The van der Waals surface area contributed by atoms with Crippen LogP contribution in [0.1, 0.15) is 465 Å². The smallest absolute Gasteiger partial charge is 0.306 e. The molecule has 0 aliphatic rings. The zero-order valence-electron chi connectivity index (χ0n) is 68.2. The van der Waals surface area contributed by atoms with Crippen molar-refractivity contribution in [2.75, 3.05) is 65.7 Å². The number of carbonyl (C=O) groups is 4. The first kappa shape index (κ1) is 98.7. The van der Waals surface area contributed by atoms with Gasteiger partial charge in [-0.25, -0.2) is 0 Å². The number of esters is 4. The van der Waals surface area contributed by atoms with Crippen LogP contribution in [-0.2, 0) is 38.1 Å². The van der Waals surface area contributed by atoms with Gasteiger partial charge in [0.15, 0.2) is 0 Å². The highest BCUT2D eigenvalue weighted by atomic mass is 16.6. The summed E-state index contributed by atoms with van der Waals surface area (Å²) >= 11 is 0. The van der Waals surface area contributed by atoms with E-state index in [0.29, 0.717) is 38.9 Å². The first-order valence-corrected chi connectivity index (χ1v) is 45.0. The molecule has 0 spiro atoms. The van der Waals surface area contributed by atoms with Crippen molar-refractivity contribution in [2.45, 2.75) is 477 Å². The third-order valence-corrected chi connectivity index (χ3v) is 21.3. The Balaban J connectivity index is 4.32.